The maximum absolute atomic E-state index is 6.00. The summed E-state index contributed by atoms with van der Waals surface area (Å²) < 4.78 is 16.3. The molecule has 1 atom stereocenters. The second-order valence-electron chi connectivity index (χ2n) is 5.01. The zero-order valence-electron chi connectivity index (χ0n) is 12.5. The van der Waals surface area contributed by atoms with E-state index in [-0.39, 0.29) is 5.92 Å². The lowest BCUT2D eigenvalue weighted by atomic mass is 9.97. The zero-order valence-corrected chi connectivity index (χ0v) is 12.5. The van der Waals surface area contributed by atoms with Gasteiger partial charge in [-0.2, -0.15) is 0 Å². The zero-order chi connectivity index (χ0) is 15.0. The number of nitrogens with two attached hydrogens (primary N) is 1. The molecule has 1 aliphatic carbocycles. The van der Waals surface area contributed by atoms with Crippen LogP contribution < -0.4 is 19.9 Å². The maximum Gasteiger partial charge on any atom is 0.168 e. The molecular weight excluding hydrogens is 266 g/mol. The molecule has 0 heterocycles. The molecule has 0 aliphatic heterocycles. The van der Waals surface area contributed by atoms with Crippen LogP contribution in [0.25, 0.3) is 11.1 Å². The topological polar surface area (TPSA) is 53.7 Å². The molecule has 110 valence electrons. The Morgan fingerprint density at radius 1 is 0.952 bits per heavy atom. The number of hydrogen-bond donors (Lipinski definition) is 1. The Bertz CT molecular complexity index is 682. The molecule has 0 aromatic heterocycles. The van der Waals surface area contributed by atoms with Crippen LogP contribution in [0.3, 0.4) is 0 Å². The normalized spacial score (nSPS) is 15.3. The van der Waals surface area contributed by atoms with Crippen molar-refractivity contribution in [3.63, 3.8) is 0 Å². The van der Waals surface area contributed by atoms with Crippen molar-refractivity contribution < 1.29 is 14.2 Å². The van der Waals surface area contributed by atoms with Gasteiger partial charge in [0.05, 0.1) is 21.3 Å². The maximum atomic E-state index is 6.00. The molecule has 1 aliphatic rings. The van der Waals surface area contributed by atoms with Gasteiger partial charge in [-0.1, -0.05) is 12.1 Å². The molecule has 2 aromatic rings. The molecule has 4 nitrogen and oxygen atoms in total. The van der Waals surface area contributed by atoms with Crippen LogP contribution in [0.1, 0.15) is 17.0 Å². The minimum atomic E-state index is 0.157. The minimum Gasteiger partial charge on any atom is -0.497 e. The van der Waals surface area contributed by atoms with Gasteiger partial charge < -0.3 is 19.9 Å². The Morgan fingerprint density at radius 2 is 1.76 bits per heavy atom. The largest absolute Gasteiger partial charge is 0.497 e. The highest BCUT2D eigenvalue weighted by Crippen LogP contribution is 2.52. The van der Waals surface area contributed by atoms with E-state index < -0.39 is 0 Å². The van der Waals surface area contributed by atoms with E-state index in [4.69, 9.17) is 19.9 Å². The Hall–Kier alpha value is -2.20. The van der Waals surface area contributed by atoms with E-state index in [2.05, 4.69) is 18.2 Å². The average Bonchev–Trinajstić information content (AvgIpc) is 2.86. The molecule has 21 heavy (non-hydrogen) atoms. The minimum absolute atomic E-state index is 0.157. The van der Waals surface area contributed by atoms with Crippen molar-refractivity contribution in [3.8, 4) is 28.4 Å². The summed E-state index contributed by atoms with van der Waals surface area (Å²) in [5.74, 6) is 2.49. The summed E-state index contributed by atoms with van der Waals surface area (Å²) in [7, 11) is 4.98. The van der Waals surface area contributed by atoms with Gasteiger partial charge in [0.25, 0.3) is 0 Å². The lowest BCUT2D eigenvalue weighted by Crippen LogP contribution is -2.11. The predicted molar refractivity (Wildman–Crippen MR) is 82.4 cm³/mol. The van der Waals surface area contributed by atoms with Crippen molar-refractivity contribution in [1.29, 1.82) is 0 Å². The SMILES string of the molecule is COc1ccc2c(c1)[C@H](CN)c1ccc(OC)c(OC)c1-2. The molecule has 0 fully saturated rings. The lowest BCUT2D eigenvalue weighted by molar-refractivity contribution is 0.356. The fourth-order valence-corrected chi connectivity index (χ4v) is 3.12. The first-order valence-corrected chi connectivity index (χ1v) is 6.88. The third-order valence-electron chi connectivity index (χ3n) is 4.09. The number of fused-ring (bicyclic) bond motifs is 3. The van der Waals surface area contributed by atoms with E-state index >= 15 is 0 Å². The van der Waals surface area contributed by atoms with Crippen LogP contribution in [0, 0.1) is 0 Å². The van der Waals surface area contributed by atoms with Gasteiger partial charge in [0, 0.05) is 18.0 Å². The lowest BCUT2D eigenvalue weighted by Gasteiger charge is -2.14. The van der Waals surface area contributed by atoms with Crippen molar-refractivity contribution in [2.45, 2.75) is 5.92 Å². The van der Waals surface area contributed by atoms with Gasteiger partial charge >= 0.3 is 0 Å². The van der Waals surface area contributed by atoms with Crippen LogP contribution in [0.4, 0.5) is 0 Å². The molecule has 2 N–H and O–H groups in total. The van der Waals surface area contributed by atoms with Crippen LogP contribution in [-0.2, 0) is 0 Å². The van der Waals surface area contributed by atoms with Gasteiger partial charge in [0.2, 0.25) is 0 Å². The van der Waals surface area contributed by atoms with Crippen LogP contribution in [0.5, 0.6) is 17.2 Å². The van der Waals surface area contributed by atoms with Gasteiger partial charge in [0.1, 0.15) is 5.75 Å². The van der Waals surface area contributed by atoms with Crippen LogP contribution in [-0.4, -0.2) is 27.9 Å². The van der Waals surface area contributed by atoms with Gasteiger partial charge in [-0.05, 0) is 34.9 Å². The molecule has 2 aromatic carbocycles. The number of ether oxygens (including phenoxy) is 3. The van der Waals surface area contributed by atoms with Crippen molar-refractivity contribution >= 4 is 0 Å². The van der Waals surface area contributed by atoms with E-state index in [1.165, 1.54) is 11.1 Å². The molecular formula is C17H19NO3. The second-order valence-corrected chi connectivity index (χ2v) is 5.01. The summed E-state index contributed by atoms with van der Waals surface area (Å²) in [6.07, 6.45) is 0. The van der Waals surface area contributed by atoms with E-state index in [9.17, 15) is 0 Å². The first kappa shape index (κ1) is 13.8. The van der Waals surface area contributed by atoms with Gasteiger partial charge in [-0.25, -0.2) is 0 Å². The summed E-state index contributed by atoms with van der Waals surface area (Å²) >= 11 is 0. The van der Waals surface area contributed by atoms with Crippen molar-refractivity contribution in [3.05, 3.63) is 41.5 Å². The Labute approximate surface area is 124 Å². The highest BCUT2D eigenvalue weighted by Gasteiger charge is 2.32. The van der Waals surface area contributed by atoms with Crippen LogP contribution in [0.2, 0.25) is 0 Å². The van der Waals surface area contributed by atoms with E-state index in [0.29, 0.717) is 6.54 Å². The Kier molecular flexibility index (Phi) is 3.47. The van der Waals surface area contributed by atoms with E-state index in [1.807, 2.05) is 12.1 Å². The monoisotopic (exact) mass is 285 g/mol. The molecule has 0 spiro atoms. The smallest absolute Gasteiger partial charge is 0.168 e. The molecule has 0 unspecified atom stereocenters. The molecule has 0 saturated carbocycles. The highest BCUT2D eigenvalue weighted by molar-refractivity contribution is 5.86. The molecule has 0 radical (unpaired) electrons. The average molecular weight is 285 g/mol. The standard InChI is InChI=1S/C17H19NO3/c1-19-10-4-5-11-13(8-10)14(9-18)12-6-7-15(20-2)17(21-3)16(11)12/h4-8,14H,9,18H2,1-3H3/t14-/m1/s1. The predicted octanol–water partition coefficient (Wildman–Crippen LogP) is 2.78. The van der Waals surface area contributed by atoms with Crippen LogP contribution in [0.15, 0.2) is 30.3 Å². The molecule has 0 saturated heterocycles. The summed E-state index contributed by atoms with van der Waals surface area (Å²) in [4.78, 5) is 0. The fourth-order valence-electron chi connectivity index (χ4n) is 3.12. The summed E-state index contributed by atoms with van der Waals surface area (Å²) in [5.41, 5.74) is 10.6. The summed E-state index contributed by atoms with van der Waals surface area (Å²) in [6.45, 7) is 0.544. The number of rotatable bonds is 4. The highest BCUT2D eigenvalue weighted by atomic mass is 16.5. The third-order valence-corrected chi connectivity index (χ3v) is 4.09. The number of methoxy groups -OCH3 is 3. The van der Waals surface area contributed by atoms with Crippen molar-refractivity contribution in [2.75, 3.05) is 27.9 Å². The molecule has 3 rings (SSSR count). The van der Waals surface area contributed by atoms with Gasteiger partial charge in [-0.3, -0.25) is 0 Å². The third kappa shape index (κ3) is 1.94. The first-order chi connectivity index (χ1) is 10.2. The summed E-state index contributed by atoms with van der Waals surface area (Å²) in [6, 6.07) is 10.1. The number of hydrogen-bond acceptors (Lipinski definition) is 4. The quantitative estimate of drug-likeness (QED) is 0.938. The Balaban J connectivity index is 2.29. The fraction of sp³-hybridized carbons (Fsp3) is 0.294. The summed E-state index contributed by atoms with van der Waals surface area (Å²) in [5, 5.41) is 0. The van der Waals surface area contributed by atoms with Gasteiger partial charge in [0.15, 0.2) is 11.5 Å². The van der Waals surface area contributed by atoms with Crippen molar-refractivity contribution in [2.24, 2.45) is 5.73 Å². The van der Waals surface area contributed by atoms with Crippen molar-refractivity contribution in [1.82, 2.24) is 0 Å². The molecule has 0 amide bonds. The molecule has 0 bridgehead atoms. The molecule has 4 heteroatoms. The van der Waals surface area contributed by atoms with Crippen LogP contribution >= 0.6 is 0 Å². The van der Waals surface area contributed by atoms with Gasteiger partial charge in [-0.15, -0.1) is 0 Å². The second kappa shape index (κ2) is 5.30. The first-order valence-electron chi connectivity index (χ1n) is 6.88. The Morgan fingerprint density at radius 3 is 2.38 bits per heavy atom. The van der Waals surface area contributed by atoms with E-state index in [1.54, 1.807) is 21.3 Å². The van der Waals surface area contributed by atoms with E-state index in [0.717, 1.165) is 28.4 Å². The number of benzene rings is 2.